The van der Waals surface area contributed by atoms with Crippen LogP contribution in [0, 0.1) is 11.8 Å². The molecule has 3 rings (SSSR count). The van der Waals surface area contributed by atoms with Gasteiger partial charge in [-0.1, -0.05) is 13.0 Å². The highest BCUT2D eigenvalue weighted by molar-refractivity contribution is 7.10. The smallest absolute Gasteiger partial charge is 0.368 e. The molecule has 24 heavy (non-hydrogen) atoms. The molecule has 0 saturated carbocycles. The number of hydrogen-bond donors (Lipinski definition) is 1. The molecule has 2 N–H and O–H groups in total. The average Bonchev–Trinajstić information content (AvgIpc) is 3.25. The molecular formula is C17H23N2O4S+. The molecule has 0 bridgehead atoms. The summed E-state index contributed by atoms with van der Waals surface area (Å²) in [5.74, 6) is -1.94. The monoisotopic (exact) mass is 351 g/mol. The fourth-order valence-corrected chi connectivity index (χ4v) is 5.02. The zero-order valence-electron chi connectivity index (χ0n) is 14.2. The third kappa shape index (κ3) is 2.22. The molecule has 2 aliphatic heterocycles. The van der Waals surface area contributed by atoms with Crippen molar-refractivity contribution in [2.24, 2.45) is 11.8 Å². The van der Waals surface area contributed by atoms with Crippen molar-refractivity contribution in [3.05, 3.63) is 22.4 Å². The number of quaternary nitrogens is 1. The molecule has 3 heterocycles. The zero-order chi connectivity index (χ0) is 17.5. The first-order chi connectivity index (χ1) is 11.5. The Morgan fingerprint density at radius 3 is 2.62 bits per heavy atom. The lowest BCUT2D eigenvalue weighted by Gasteiger charge is -2.28. The first-order valence-corrected chi connectivity index (χ1v) is 9.31. The van der Waals surface area contributed by atoms with Gasteiger partial charge in [0.1, 0.15) is 17.9 Å². The first-order valence-electron chi connectivity index (χ1n) is 8.43. The van der Waals surface area contributed by atoms with Gasteiger partial charge in [-0.2, -0.15) is 0 Å². The minimum absolute atomic E-state index is 0.165. The number of carbonyl (C=O) groups excluding carboxylic acids is 3. The maximum Gasteiger partial charge on any atom is 0.368 e. The van der Waals surface area contributed by atoms with E-state index >= 15 is 0 Å². The van der Waals surface area contributed by atoms with Gasteiger partial charge in [-0.05, 0) is 25.3 Å². The summed E-state index contributed by atoms with van der Waals surface area (Å²) >= 11 is 1.55. The first kappa shape index (κ1) is 17.1. The third-order valence-corrected chi connectivity index (χ3v) is 6.26. The molecule has 2 saturated heterocycles. The van der Waals surface area contributed by atoms with Gasteiger partial charge < -0.3 is 10.1 Å². The molecule has 0 spiro atoms. The Hall–Kier alpha value is -1.73. The number of imide groups is 1. The van der Waals surface area contributed by atoms with Gasteiger partial charge in [-0.15, -0.1) is 11.3 Å². The van der Waals surface area contributed by atoms with E-state index in [-0.39, 0.29) is 30.4 Å². The van der Waals surface area contributed by atoms with Gasteiger partial charge in [-0.25, -0.2) is 4.79 Å². The number of likely N-dealkylation sites (tertiary alicyclic amines) is 1. The lowest BCUT2D eigenvalue weighted by Crippen LogP contribution is -2.98. The van der Waals surface area contributed by atoms with Crippen molar-refractivity contribution in [1.29, 1.82) is 0 Å². The lowest BCUT2D eigenvalue weighted by molar-refractivity contribution is -0.734. The van der Waals surface area contributed by atoms with Gasteiger partial charge in [0.05, 0.1) is 11.5 Å². The number of rotatable bonds is 5. The van der Waals surface area contributed by atoms with Crippen molar-refractivity contribution < 1.29 is 24.4 Å². The van der Waals surface area contributed by atoms with Crippen LogP contribution in [-0.2, 0) is 19.1 Å². The SMILES string of the molecule is CCOC(=O)[C@]1(CC)[NH2+][C@@H](c2cccs2)[C@H]2C(=O)N(CC)C(=O)[C@@H]21. The van der Waals surface area contributed by atoms with Crippen molar-refractivity contribution in [3.63, 3.8) is 0 Å². The predicted octanol–water partition coefficient (Wildman–Crippen LogP) is 0.699. The van der Waals surface area contributed by atoms with E-state index in [1.165, 1.54) is 4.90 Å². The second-order valence-corrected chi connectivity index (χ2v) is 7.23. The Bertz CT molecular complexity index is 660. The number of ether oxygens (including phenoxy) is 1. The maximum absolute atomic E-state index is 12.9. The number of esters is 1. The molecule has 6 nitrogen and oxygen atoms in total. The van der Waals surface area contributed by atoms with Crippen LogP contribution in [0.1, 0.15) is 38.1 Å². The van der Waals surface area contributed by atoms with Crippen molar-refractivity contribution in [1.82, 2.24) is 4.90 Å². The van der Waals surface area contributed by atoms with E-state index in [9.17, 15) is 14.4 Å². The van der Waals surface area contributed by atoms with E-state index in [1.807, 2.05) is 29.8 Å². The molecule has 1 aromatic heterocycles. The van der Waals surface area contributed by atoms with Gasteiger partial charge in [0.15, 0.2) is 0 Å². The van der Waals surface area contributed by atoms with E-state index in [1.54, 1.807) is 25.2 Å². The molecule has 0 unspecified atom stereocenters. The highest BCUT2D eigenvalue weighted by Crippen LogP contribution is 2.46. The molecule has 7 heteroatoms. The number of thiophene rings is 1. The van der Waals surface area contributed by atoms with Crippen LogP contribution >= 0.6 is 11.3 Å². The van der Waals surface area contributed by atoms with Gasteiger partial charge in [0.2, 0.25) is 17.4 Å². The summed E-state index contributed by atoms with van der Waals surface area (Å²) in [5, 5.41) is 3.86. The number of hydrogen-bond acceptors (Lipinski definition) is 5. The Morgan fingerprint density at radius 1 is 1.33 bits per heavy atom. The van der Waals surface area contributed by atoms with Crippen LogP contribution < -0.4 is 5.32 Å². The quantitative estimate of drug-likeness (QED) is 0.625. The van der Waals surface area contributed by atoms with E-state index in [0.29, 0.717) is 13.0 Å². The second-order valence-electron chi connectivity index (χ2n) is 6.25. The lowest BCUT2D eigenvalue weighted by atomic mass is 9.78. The molecule has 0 aliphatic carbocycles. The fourth-order valence-electron chi connectivity index (χ4n) is 4.18. The second kappa shape index (κ2) is 6.29. The number of fused-ring (bicyclic) bond motifs is 1. The van der Waals surface area contributed by atoms with Crippen molar-refractivity contribution in [2.75, 3.05) is 13.2 Å². The number of amides is 2. The van der Waals surface area contributed by atoms with Gasteiger partial charge >= 0.3 is 5.97 Å². The minimum Gasteiger partial charge on any atom is -0.461 e. The highest BCUT2D eigenvalue weighted by Gasteiger charge is 2.71. The summed E-state index contributed by atoms with van der Waals surface area (Å²) in [6, 6.07) is 3.68. The summed E-state index contributed by atoms with van der Waals surface area (Å²) in [6.07, 6.45) is 0.450. The topological polar surface area (TPSA) is 80.3 Å². The number of carbonyl (C=O) groups is 3. The summed E-state index contributed by atoms with van der Waals surface area (Å²) in [4.78, 5) is 40.9. The summed E-state index contributed by atoms with van der Waals surface area (Å²) in [6.45, 7) is 6.02. The zero-order valence-corrected chi connectivity index (χ0v) is 15.0. The highest BCUT2D eigenvalue weighted by atomic mass is 32.1. The van der Waals surface area contributed by atoms with Crippen LogP contribution in [0.25, 0.3) is 0 Å². The predicted molar refractivity (Wildman–Crippen MR) is 88.0 cm³/mol. The van der Waals surface area contributed by atoms with Crippen molar-refractivity contribution in [3.8, 4) is 0 Å². The van der Waals surface area contributed by atoms with Crippen LogP contribution in [0.5, 0.6) is 0 Å². The van der Waals surface area contributed by atoms with Crippen LogP contribution in [0.3, 0.4) is 0 Å². The van der Waals surface area contributed by atoms with E-state index < -0.39 is 17.4 Å². The van der Waals surface area contributed by atoms with E-state index in [4.69, 9.17) is 4.74 Å². The maximum atomic E-state index is 12.9. The molecule has 1 aromatic rings. The summed E-state index contributed by atoms with van der Waals surface area (Å²) in [7, 11) is 0. The van der Waals surface area contributed by atoms with Gasteiger partial charge in [-0.3, -0.25) is 14.5 Å². The Kier molecular flexibility index (Phi) is 4.48. The Balaban J connectivity index is 2.10. The molecule has 4 atom stereocenters. The molecule has 2 fully saturated rings. The largest absolute Gasteiger partial charge is 0.461 e. The minimum atomic E-state index is -1.02. The number of nitrogens with zero attached hydrogens (tertiary/aromatic N) is 1. The van der Waals surface area contributed by atoms with Crippen LogP contribution in [0.15, 0.2) is 17.5 Å². The van der Waals surface area contributed by atoms with Crippen molar-refractivity contribution in [2.45, 2.75) is 38.8 Å². The molecule has 0 aromatic carbocycles. The molecule has 2 amide bonds. The summed E-state index contributed by atoms with van der Waals surface area (Å²) in [5.41, 5.74) is -1.02. The number of nitrogens with two attached hydrogens (primary N) is 1. The average molecular weight is 351 g/mol. The standard InChI is InChI=1S/C17H22N2O4S/c1-4-17(16(22)23-6-3)12-11(14(20)19(5-2)15(12)21)13(18-17)10-8-7-9-24-10/h7-9,11-13,18H,4-6H2,1-3H3/p+1/t11-,12+,13-,17+/m0/s1. The van der Waals surface area contributed by atoms with E-state index in [2.05, 4.69) is 0 Å². The van der Waals surface area contributed by atoms with Gasteiger partial charge in [0, 0.05) is 13.0 Å². The molecule has 0 radical (unpaired) electrons. The molecule has 130 valence electrons. The van der Waals surface area contributed by atoms with Crippen molar-refractivity contribution >= 4 is 29.1 Å². The van der Waals surface area contributed by atoms with Crippen LogP contribution in [0.4, 0.5) is 0 Å². The third-order valence-electron chi connectivity index (χ3n) is 5.29. The van der Waals surface area contributed by atoms with Crippen LogP contribution in [-0.4, -0.2) is 41.4 Å². The van der Waals surface area contributed by atoms with E-state index in [0.717, 1.165) is 4.88 Å². The molecule has 2 aliphatic rings. The Morgan fingerprint density at radius 2 is 2.08 bits per heavy atom. The normalized spacial score (nSPS) is 32.3. The van der Waals surface area contributed by atoms with Gasteiger partial charge in [0.25, 0.3) is 0 Å². The summed E-state index contributed by atoms with van der Waals surface area (Å²) < 4.78 is 5.30. The Labute approximate surface area is 145 Å². The molecular weight excluding hydrogens is 328 g/mol. The fraction of sp³-hybridized carbons (Fsp3) is 0.588. The van der Waals surface area contributed by atoms with Crippen LogP contribution in [0.2, 0.25) is 0 Å².